The Kier molecular flexibility index (Phi) is 4.68. The van der Waals surface area contributed by atoms with Gasteiger partial charge in [0.1, 0.15) is 5.69 Å². The molecule has 1 unspecified atom stereocenters. The van der Waals surface area contributed by atoms with Crippen molar-refractivity contribution in [3.63, 3.8) is 0 Å². The molecule has 1 atom stereocenters. The molecule has 1 aliphatic rings. The Morgan fingerprint density at radius 2 is 2.42 bits per heavy atom. The van der Waals surface area contributed by atoms with Gasteiger partial charge in [-0.05, 0) is 18.9 Å². The molecule has 0 aromatic carbocycles. The van der Waals surface area contributed by atoms with Crippen LogP contribution in [0, 0.1) is 5.92 Å². The lowest BCUT2D eigenvalue weighted by atomic mass is 10.1. The van der Waals surface area contributed by atoms with Crippen LogP contribution in [-0.4, -0.2) is 35.4 Å². The van der Waals surface area contributed by atoms with Crippen molar-refractivity contribution in [2.24, 2.45) is 5.92 Å². The smallest absolute Gasteiger partial charge is 0.271 e. The second kappa shape index (κ2) is 6.47. The number of carbonyl (C=O) groups is 1. The first-order chi connectivity index (χ1) is 9.20. The van der Waals surface area contributed by atoms with E-state index in [1.165, 1.54) is 16.8 Å². The van der Waals surface area contributed by atoms with Gasteiger partial charge in [0.05, 0.1) is 6.61 Å². The average Bonchev–Trinajstić information content (AvgIpc) is 2.92. The second-order valence-electron chi connectivity index (χ2n) is 4.72. The number of aryl methyl sites for hydroxylation is 1. The molecule has 0 radical (unpaired) electrons. The molecule has 1 fully saturated rings. The molecule has 0 spiro atoms. The van der Waals surface area contributed by atoms with Crippen molar-refractivity contribution >= 4 is 5.91 Å². The Morgan fingerprint density at radius 3 is 3.11 bits per heavy atom. The molecule has 1 aromatic heterocycles. The first kappa shape index (κ1) is 13.7. The van der Waals surface area contributed by atoms with Gasteiger partial charge in [0, 0.05) is 31.7 Å². The van der Waals surface area contributed by atoms with Gasteiger partial charge in [-0.2, -0.15) is 5.10 Å². The van der Waals surface area contributed by atoms with Gasteiger partial charge in [-0.3, -0.25) is 9.59 Å². The molecule has 0 aliphatic carbocycles. The first-order valence-corrected chi connectivity index (χ1v) is 6.65. The third-order valence-corrected chi connectivity index (χ3v) is 3.11. The molecule has 0 bridgehead atoms. The molecule has 1 saturated heterocycles. The summed E-state index contributed by atoms with van der Waals surface area (Å²) in [5.41, 5.74) is 0.106. The summed E-state index contributed by atoms with van der Waals surface area (Å²) in [5, 5.41) is 6.90. The van der Waals surface area contributed by atoms with Crippen LogP contribution in [0.3, 0.4) is 0 Å². The van der Waals surface area contributed by atoms with Crippen molar-refractivity contribution in [2.75, 3.05) is 19.8 Å². The standard InChI is InChI=1S/C13H19N3O3/c1-2-6-16-12(17)4-3-11(15-16)13(18)14-8-10-5-7-19-9-10/h3-4,10H,2,5-9H2,1H3,(H,14,18). The van der Waals surface area contributed by atoms with Gasteiger partial charge in [-0.25, -0.2) is 4.68 Å². The van der Waals surface area contributed by atoms with Crippen molar-refractivity contribution in [3.8, 4) is 0 Å². The van der Waals surface area contributed by atoms with Crippen molar-refractivity contribution in [2.45, 2.75) is 26.3 Å². The number of hydrogen-bond acceptors (Lipinski definition) is 4. The van der Waals surface area contributed by atoms with E-state index in [0.717, 1.165) is 19.4 Å². The third-order valence-electron chi connectivity index (χ3n) is 3.11. The maximum absolute atomic E-state index is 11.9. The Labute approximate surface area is 111 Å². The topological polar surface area (TPSA) is 73.2 Å². The molecule has 6 nitrogen and oxygen atoms in total. The highest BCUT2D eigenvalue weighted by atomic mass is 16.5. The molecule has 6 heteroatoms. The lowest BCUT2D eigenvalue weighted by Gasteiger charge is -2.10. The quantitative estimate of drug-likeness (QED) is 0.837. The number of carbonyl (C=O) groups excluding carboxylic acids is 1. The zero-order valence-corrected chi connectivity index (χ0v) is 11.1. The fourth-order valence-corrected chi connectivity index (χ4v) is 2.01. The molecule has 1 aromatic rings. The van der Waals surface area contributed by atoms with E-state index in [9.17, 15) is 9.59 Å². The van der Waals surface area contributed by atoms with Crippen LogP contribution in [0.4, 0.5) is 0 Å². The normalized spacial score (nSPS) is 18.5. The minimum atomic E-state index is -0.239. The SMILES string of the molecule is CCCn1nc(C(=O)NCC2CCOC2)ccc1=O. The molecule has 1 N–H and O–H groups in total. The number of hydrogen-bond donors (Lipinski definition) is 1. The Morgan fingerprint density at radius 1 is 1.58 bits per heavy atom. The maximum atomic E-state index is 11.9. The van der Waals surface area contributed by atoms with Gasteiger partial charge in [0.2, 0.25) is 0 Å². The average molecular weight is 265 g/mol. The van der Waals surface area contributed by atoms with Gasteiger partial charge in [0.25, 0.3) is 11.5 Å². The van der Waals surface area contributed by atoms with Gasteiger partial charge in [-0.15, -0.1) is 0 Å². The predicted molar refractivity (Wildman–Crippen MR) is 70.0 cm³/mol. The highest BCUT2D eigenvalue weighted by molar-refractivity contribution is 5.91. The zero-order chi connectivity index (χ0) is 13.7. The first-order valence-electron chi connectivity index (χ1n) is 6.65. The van der Waals surface area contributed by atoms with E-state index in [0.29, 0.717) is 25.6 Å². The van der Waals surface area contributed by atoms with Gasteiger partial charge < -0.3 is 10.1 Å². The summed E-state index contributed by atoms with van der Waals surface area (Å²) in [6.45, 7) is 4.54. The van der Waals surface area contributed by atoms with Crippen LogP contribution in [0.2, 0.25) is 0 Å². The van der Waals surface area contributed by atoms with E-state index in [4.69, 9.17) is 4.74 Å². The fraction of sp³-hybridized carbons (Fsp3) is 0.615. The van der Waals surface area contributed by atoms with Crippen LogP contribution >= 0.6 is 0 Å². The van der Waals surface area contributed by atoms with Crippen LogP contribution in [0.15, 0.2) is 16.9 Å². The van der Waals surface area contributed by atoms with Crippen molar-refractivity contribution in [3.05, 3.63) is 28.2 Å². The van der Waals surface area contributed by atoms with E-state index in [1.807, 2.05) is 6.92 Å². The molecule has 104 valence electrons. The number of ether oxygens (including phenoxy) is 1. The lowest BCUT2D eigenvalue weighted by molar-refractivity contribution is 0.0937. The number of rotatable bonds is 5. The number of amides is 1. The molecular weight excluding hydrogens is 246 g/mol. The Balaban J connectivity index is 1.97. The summed E-state index contributed by atoms with van der Waals surface area (Å²) in [6, 6.07) is 2.85. The van der Waals surface area contributed by atoms with E-state index in [-0.39, 0.29) is 17.2 Å². The predicted octanol–water partition coefficient (Wildman–Crippen LogP) is 0.420. The van der Waals surface area contributed by atoms with Crippen LogP contribution in [0.25, 0.3) is 0 Å². The maximum Gasteiger partial charge on any atom is 0.271 e. The summed E-state index contributed by atoms with van der Waals surface area (Å²) in [6.07, 6.45) is 1.78. The minimum Gasteiger partial charge on any atom is -0.381 e. The highest BCUT2D eigenvalue weighted by Gasteiger charge is 2.17. The van der Waals surface area contributed by atoms with Crippen molar-refractivity contribution in [1.82, 2.24) is 15.1 Å². The lowest BCUT2D eigenvalue weighted by Crippen LogP contribution is -2.32. The van der Waals surface area contributed by atoms with E-state index in [2.05, 4.69) is 10.4 Å². The molecular formula is C13H19N3O3. The van der Waals surface area contributed by atoms with Crippen molar-refractivity contribution < 1.29 is 9.53 Å². The van der Waals surface area contributed by atoms with Crippen molar-refractivity contribution in [1.29, 1.82) is 0 Å². The molecule has 2 heterocycles. The summed E-state index contributed by atoms with van der Waals surface area (Å²) in [4.78, 5) is 23.4. The van der Waals surface area contributed by atoms with E-state index in [1.54, 1.807) is 0 Å². The number of aromatic nitrogens is 2. The molecule has 2 rings (SSSR count). The Bertz CT molecular complexity index is 492. The minimum absolute atomic E-state index is 0.178. The van der Waals surface area contributed by atoms with Crippen LogP contribution < -0.4 is 10.9 Å². The van der Waals surface area contributed by atoms with Crippen LogP contribution in [0.5, 0.6) is 0 Å². The second-order valence-corrected chi connectivity index (χ2v) is 4.72. The van der Waals surface area contributed by atoms with Crippen LogP contribution in [0.1, 0.15) is 30.3 Å². The third kappa shape index (κ3) is 3.64. The van der Waals surface area contributed by atoms with Gasteiger partial charge in [0.15, 0.2) is 0 Å². The molecule has 0 saturated carbocycles. The van der Waals surface area contributed by atoms with Gasteiger partial charge in [-0.1, -0.05) is 6.92 Å². The molecule has 1 aliphatic heterocycles. The summed E-state index contributed by atoms with van der Waals surface area (Å²) >= 11 is 0. The van der Waals surface area contributed by atoms with E-state index < -0.39 is 0 Å². The summed E-state index contributed by atoms with van der Waals surface area (Å²) < 4.78 is 6.58. The number of nitrogens with one attached hydrogen (secondary N) is 1. The van der Waals surface area contributed by atoms with Gasteiger partial charge >= 0.3 is 0 Å². The molecule has 19 heavy (non-hydrogen) atoms. The highest BCUT2D eigenvalue weighted by Crippen LogP contribution is 2.10. The van der Waals surface area contributed by atoms with E-state index >= 15 is 0 Å². The summed E-state index contributed by atoms with van der Waals surface area (Å²) in [7, 11) is 0. The Hall–Kier alpha value is -1.69. The number of nitrogens with zero attached hydrogens (tertiary/aromatic N) is 2. The summed E-state index contributed by atoms with van der Waals surface area (Å²) in [5.74, 6) is 0.141. The largest absolute Gasteiger partial charge is 0.381 e. The van der Waals surface area contributed by atoms with Crippen LogP contribution in [-0.2, 0) is 11.3 Å². The zero-order valence-electron chi connectivity index (χ0n) is 11.1. The monoisotopic (exact) mass is 265 g/mol. The fourth-order valence-electron chi connectivity index (χ4n) is 2.01. The molecule has 1 amide bonds.